The summed E-state index contributed by atoms with van der Waals surface area (Å²) in [6.45, 7) is 4.45. The first-order valence-electron chi connectivity index (χ1n) is 5.48. The second-order valence-corrected chi connectivity index (χ2v) is 4.26. The zero-order chi connectivity index (χ0) is 11.7. The summed E-state index contributed by atoms with van der Waals surface area (Å²) in [5, 5.41) is 12.2. The molecule has 1 fully saturated rings. The lowest BCUT2D eigenvalue weighted by Gasteiger charge is -2.25. The van der Waals surface area contributed by atoms with E-state index in [2.05, 4.69) is 10.3 Å². The molecule has 0 spiro atoms. The highest BCUT2D eigenvalue weighted by Gasteiger charge is 2.30. The first-order chi connectivity index (χ1) is 7.58. The minimum atomic E-state index is -0.730. The van der Waals surface area contributed by atoms with Crippen molar-refractivity contribution in [3.05, 3.63) is 17.3 Å². The van der Waals surface area contributed by atoms with Gasteiger partial charge in [0.25, 0.3) is 0 Å². The zero-order valence-electron chi connectivity index (χ0n) is 9.49. The largest absolute Gasteiger partial charge is 0.481 e. The van der Waals surface area contributed by atoms with Crippen LogP contribution in [0.2, 0.25) is 0 Å². The average Bonchev–Trinajstić information content (AvgIpc) is 2.59. The van der Waals surface area contributed by atoms with E-state index in [4.69, 9.17) is 9.52 Å². The molecule has 16 heavy (non-hydrogen) atoms. The average molecular weight is 224 g/mol. The lowest BCUT2D eigenvalue weighted by molar-refractivity contribution is -0.143. The molecule has 1 aromatic heterocycles. The van der Waals surface area contributed by atoms with Gasteiger partial charge >= 0.3 is 5.97 Å². The van der Waals surface area contributed by atoms with E-state index in [1.165, 1.54) is 0 Å². The van der Waals surface area contributed by atoms with Gasteiger partial charge in [-0.3, -0.25) is 4.79 Å². The highest BCUT2D eigenvalue weighted by Crippen LogP contribution is 2.27. The minimum Gasteiger partial charge on any atom is -0.481 e. The van der Waals surface area contributed by atoms with Gasteiger partial charge in [0.05, 0.1) is 17.7 Å². The summed E-state index contributed by atoms with van der Waals surface area (Å²) in [4.78, 5) is 15.2. The van der Waals surface area contributed by atoms with Crippen LogP contribution >= 0.6 is 0 Å². The second-order valence-electron chi connectivity index (χ2n) is 4.26. The Morgan fingerprint density at radius 1 is 1.56 bits per heavy atom. The van der Waals surface area contributed by atoms with Gasteiger partial charge in [-0.05, 0) is 33.2 Å². The zero-order valence-corrected chi connectivity index (χ0v) is 9.49. The summed E-state index contributed by atoms with van der Waals surface area (Å²) in [5.74, 6) is 0.389. The number of carbonyl (C=O) groups is 1. The van der Waals surface area contributed by atoms with E-state index in [9.17, 15) is 4.79 Å². The Morgan fingerprint density at radius 2 is 2.31 bits per heavy atom. The number of carboxylic acids is 1. The number of rotatable bonds is 2. The van der Waals surface area contributed by atoms with Gasteiger partial charge in [-0.1, -0.05) is 0 Å². The Balaban J connectivity index is 2.12. The molecule has 2 rings (SSSR count). The van der Waals surface area contributed by atoms with Gasteiger partial charge in [0, 0.05) is 0 Å². The number of nitrogens with one attached hydrogen (secondary N) is 1. The standard InChI is InChI=1S/C11H16N2O3/c1-6-7(2)16-10(13-6)9-5-8(11(14)15)3-4-12-9/h8-9,12H,3-5H2,1-2H3,(H,14,15). The van der Waals surface area contributed by atoms with Crippen LogP contribution < -0.4 is 5.32 Å². The van der Waals surface area contributed by atoms with Crippen molar-refractivity contribution < 1.29 is 14.3 Å². The van der Waals surface area contributed by atoms with Gasteiger partial charge in [-0.25, -0.2) is 4.98 Å². The molecule has 88 valence electrons. The lowest BCUT2D eigenvalue weighted by Crippen LogP contribution is -2.35. The fourth-order valence-electron chi connectivity index (χ4n) is 1.98. The molecule has 2 heterocycles. The SMILES string of the molecule is Cc1nc(C2CC(C(=O)O)CCN2)oc1C. The smallest absolute Gasteiger partial charge is 0.306 e. The lowest BCUT2D eigenvalue weighted by atomic mass is 9.92. The fraction of sp³-hybridized carbons (Fsp3) is 0.636. The molecule has 5 heteroatoms. The van der Waals surface area contributed by atoms with Crippen LogP contribution in [0.4, 0.5) is 0 Å². The normalized spacial score (nSPS) is 25.6. The van der Waals surface area contributed by atoms with Gasteiger partial charge in [0.15, 0.2) is 0 Å². The summed E-state index contributed by atoms with van der Waals surface area (Å²) in [5.41, 5.74) is 0.870. The van der Waals surface area contributed by atoms with Crippen molar-refractivity contribution in [1.82, 2.24) is 10.3 Å². The maximum atomic E-state index is 10.9. The molecule has 0 bridgehead atoms. The number of nitrogens with zero attached hydrogens (tertiary/aromatic N) is 1. The van der Waals surface area contributed by atoms with E-state index >= 15 is 0 Å². The third kappa shape index (κ3) is 2.09. The van der Waals surface area contributed by atoms with E-state index < -0.39 is 5.97 Å². The quantitative estimate of drug-likeness (QED) is 0.794. The van der Waals surface area contributed by atoms with E-state index in [0.29, 0.717) is 25.3 Å². The van der Waals surface area contributed by atoms with Crippen molar-refractivity contribution in [1.29, 1.82) is 0 Å². The number of piperidine rings is 1. The first-order valence-corrected chi connectivity index (χ1v) is 5.48. The Hall–Kier alpha value is -1.36. The fourth-order valence-corrected chi connectivity index (χ4v) is 1.98. The molecule has 0 radical (unpaired) electrons. The van der Waals surface area contributed by atoms with Crippen molar-refractivity contribution >= 4 is 5.97 Å². The predicted octanol–water partition coefficient (Wildman–Crippen LogP) is 1.42. The molecule has 0 amide bonds. The number of hydrogen-bond donors (Lipinski definition) is 2. The van der Waals surface area contributed by atoms with Crippen LogP contribution in [0.15, 0.2) is 4.42 Å². The molecule has 2 atom stereocenters. The molecular weight excluding hydrogens is 208 g/mol. The van der Waals surface area contributed by atoms with Crippen LogP contribution in [0.25, 0.3) is 0 Å². The second kappa shape index (κ2) is 4.25. The molecule has 2 N–H and O–H groups in total. The van der Waals surface area contributed by atoms with Crippen molar-refractivity contribution in [2.75, 3.05) is 6.54 Å². The van der Waals surface area contributed by atoms with Gasteiger partial charge < -0.3 is 14.8 Å². The van der Waals surface area contributed by atoms with Gasteiger partial charge in [0.2, 0.25) is 5.89 Å². The maximum Gasteiger partial charge on any atom is 0.306 e. The van der Waals surface area contributed by atoms with Gasteiger partial charge in [-0.2, -0.15) is 0 Å². The predicted molar refractivity (Wildman–Crippen MR) is 57.1 cm³/mol. The Bertz CT molecular complexity index is 380. The van der Waals surface area contributed by atoms with Crippen LogP contribution in [0.5, 0.6) is 0 Å². The monoisotopic (exact) mass is 224 g/mol. The first kappa shape index (κ1) is 11.1. The molecule has 1 aliphatic heterocycles. The van der Waals surface area contributed by atoms with Crippen molar-refractivity contribution in [2.45, 2.75) is 32.7 Å². The molecule has 1 saturated heterocycles. The van der Waals surface area contributed by atoms with Crippen LogP contribution in [-0.2, 0) is 4.79 Å². The number of aryl methyl sites for hydroxylation is 2. The summed E-state index contributed by atoms with van der Waals surface area (Å²) in [6.07, 6.45) is 1.22. The van der Waals surface area contributed by atoms with E-state index in [-0.39, 0.29) is 12.0 Å². The number of oxazole rings is 1. The third-order valence-electron chi connectivity index (χ3n) is 3.10. The Morgan fingerprint density at radius 3 is 2.88 bits per heavy atom. The topological polar surface area (TPSA) is 75.4 Å². The molecular formula is C11H16N2O3. The Kier molecular flexibility index (Phi) is 2.96. The summed E-state index contributed by atoms with van der Waals surface area (Å²) >= 11 is 0. The van der Waals surface area contributed by atoms with Crippen LogP contribution in [0, 0.1) is 19.8 Å². The van der Waals surface area contributed by atoms with Crippen LogP contribution in [-0.4, -0.2) is 22.6 Å². The summed E-state index contributed by atoms with van der Waals surface area (Å²) < 4.78 is 5.52. The Labute approximate surface area is 93.9 Å². The number of aromatic nitrogens is 1. The molecule has 0 saturated carbocycles. The van der Waals surface area contributed by atoms with Crippen LogP contribution in [0.1, 0.15) is 36.2 Å². The van der Waals surface area contributed by atoms with Gasteiger partial charge in [0.1, 0.15) is 5.76 Å². The van der Waals surface area contributed by atoms with Crippen LogP contribution in [0.3, 0.4) is 0 Å². The minimum absolute atomic E-state index is 0.0674. The summed E-state index contributed by atoms with van der Waals surface area (Å²) in [7, 11) is 0. The number of aliphatic carboxylic acids is 1. The summed E-state index contributed by atoms with van der Waals surface area (Å²) in [6, 6.07) is -0.0674. The van der Waals surface area contributed by atoms with E-state index in [1.54, 1.807) is 0 Å². The molecule has 5 nitrogen and oxygen atoms in total. The molecule has 2 unspecified atom stereocenters. The van der Waals surface area contributed by atoms with E-state index in [1.807, 2.05) is 13.8 Å². The maximum absolute atomic E-state index is 10.9. The highest BCUT2D eigenvalue weighted by molar-refractivity contribution is 5.70. The molecule has 1 aromatic rings. The molecule has 1 aliphatic rings. The van der Waals surface area contributed by atoms with Crippen molar-refractivity contribution in [2.24, 2.45) is 5.92 Å². The number of carboxylic acid groups (broad SMARTS) is 1. The molecule has 0 aliphatic carbocycles. The third-order valence-corrected chi connectivity index (χ3v) is 3.10. The van der Waals surface area contributed by atoms with Gasteiger partial charge in [-0.15, -0.1) is 0 Å². The van der Waals surface area contributed by atoms with Crippen molar-refractivity contribution in [3.8, 4) is 0 Å². The van der Waals surface area contributed by atoms with E-state index in [0.717, 1.165) is 11.5 Å². The molecule has 0 aromatic carbocycles. The van der Waals surface area contributed by atoms with Crippen molar-refractivity contribution in [3.63, 3.8) is 0 Å². The number of hydrogen-bond acceptors (Lipinski definition) is 4. The highest BCUT2D eigenvalue weighted by atomic mass is 16.4.